The highest BCUT2D eigenvalue weighted by Crippen LogP contribution is 2.40. The maximum atomic E-state index is 12.6. The fourth-order valence-electron chi connectivity index (χ4n) is 4.20. The van der Waals surface area contributed by atoms with Crippen LogP contribution < -0.4 is 0 Å². The number of nitrogens with zero attached hydrogens (tertiary/aromatic N) is 3. The predicted molar refractivity (Wildman–Crippen MR) is 112 cm³/mol. The largest absolute Gasteiger partial charge is 0.342 e. The summed E-state index contributed by atoms with van der Waals surface area (Å²) in [5, 5.41) is 2.01. The van der Waals surface area contributed by atoms with Crippen molar-refractivity contribution in [1.29, 1.82) is 0 Å². The van der Waals surface area contributed by atoms with E-state index in [9.17, 15) is 9.59 Å². The van der Waals surface area contributed by atoms with E-state index >= 15 is 0 Å². The van der Waals surface area contributed by atoms with Crippen LogP contribution in [0.5, 0.6) is 0 Å². The number of thioether (sulfide) groups is 1. The van der Waals surface area contributed by atoms with Gasteiger partial charge in [-0.2, -0.15) is 0 Å². The van der Waals surface area contributed by atoms with Crippen molar-refractivity contribution in [3.8, 4) is 0 Å². The molecule has 0 atom stereocenters. The van der Waals surface area contributed by atoms with Crippen molar-refractivity contribution in [3.63, 3.8) is 0 Å². The highest BCUT2D eigenvalue weighted by molar-refractivity contribution is 8.01. The van der Waals surface area contributed by atoms with E-state index in [1.54, 1.807) is 11.3 Å². The van der Waals surface area contributed by atoms with Crippen molar-refractivity contribution in [2.24, 2.45) is 0 Å². The fourth-order valence-corrected chi connectivity index (χ4v) is 5.95. The van der Waals surface area contributed by atoms with Gasteiger partial charge in [-0.3, -0.25) is 9.59 Å². The number of thiazole rings is 1. The van der Waals surface area contributed by atoms with E-state index in [1.807, 2.05) is 35.4 Å². The number of hydrogen-bond donors (Lipinski definition) is 0. The highest BCUT2D eigenvalue weighted by Gasteiger charge is 2.47. The van der Waals surface area contributed by atoms with E-state index in [-0.39, 0.29) is 17.4 Å². The zero-order valence-corrected chi connectivity index (χ0v) is 17.7. The Morgan fingerprint density at radius 3 is 2.64 bits per heavy atom. The molecule has 0 unspecified atom stereocenters. The van der Waals surface area contributed by atoms with Crippen molar-refractivity contribution in [1.82, 2.24) is 14.8 Å². The molecule has 0 aliphatic carbocycles. The van der Waals surface area contributed by atoms with Gasteiger partial charge < -0.3 is 9.80 Å². The van der Waals surface area contributed by atoms with E-state index in [1.165, 1.54) is 17.3 Å². The van der Waals surface area contributed by atoms with E-state index in [4.69, 9.17) is 0 Å². The molecule has 4 rings (SSSR count). The Balaban J connectivity index is 1.35. The quantitative estimate of drug-likeness (QED) is 0.699. The second-order valence-corrected chi connectivity index (χ2v) is 9.69. The number of rotatable bonds is 5. The average molecular weight is 416 g/mol. The number of aromatic nitrogens is 1. The van der Waals surface area contributed by atoms with Crippen molar-refractivity contribution < 1.29 is 9.59 Å². The lowest BCUT2D eigenvalue weighted by atomic mass is 9.84. The second-order valence-electron chi connectivity index (χ2n) is 7.61. The molecule has 5 nitrogen and oxygen atoms in total. The molecule has 0 bridgehead atoms. The number of carbonyl (C=O) groups excluding carboxylic acids is 2. The molecule has 2 aromatic rings. The van der Waals surface area contributed by atoms with E-state index in [0.29, 0.717) is 18.7 Å². The van der Waals surface area contributed by atoms with Crippen LogP contribution in [0.3, 0.4) is 0 Å². The lowest BCUT2D eigenvalue weighted by Gasteiger charge is -2.45. The standard InChI is InChI=1S/C21H25N3O2S2/c1-16-14-27-20(22-16)28-15-19(26)23-11-9-21(10-12-23)8-7-18(25)24(21)13-17-5-3-2-4-6-17/h2-6,14H,7-13,15H2,1H3. The van der Waals surface area contributed by atoms with E-state index in [2.05, 4.69) is 22.0 Å². The van der Waals surface area contributed by atoms with Gasteiger partial charge in [-0.15, -0.1) is 11.3 Å². The van der Waals surface area contributed by atoms with Crippen LogP contribution in [0.1, 0.15) is 36.9 Å². The molecular formula is C21H25N3O2S2. The Labute approximate surface area is 174 Å². The summed E-state index contributed by atoms with van der Waals surface area (Å²) in [6.07, 6.45) is 3.28. The minimum Gasteiger partial charge on any atom is -0.342 e. The van der Waals surface area contributed by atoms with Gasteiger partial charge in [-0.25, -0.2) is 4.98 Å². The van der Waals surface area contributed by atoms with Crippen LogP contribution in [-0.2, 0) is 16.1 Å². The average Bonchev–Trinajstić information content (AvgIpc) is 3.26. The number of hydrogen-bond acceptors (Lipinski definition) is 5. The van der Waals surface area contributed by atoms with Gasteiger partial charge in [0.25, 0.3) is 0 Å². The second kappa shape index (κ2) is 8.25. The van der Waals surface area contributed by atoms with Gasteiger partial charge in [0, 0.05) is 42.7 Å². The topological polar surface area (TPSA) is 53.5 Å². The molecule has 0 saturated carbocycles. The maximum absolute atomic E-state index is 12.6. The molecule has 2 amide bonds. The van der Waals surface area contributed by atoms with Crippen LogP contribution in [0.4, 0.5) is 0 Å². The molecule has 2 saturated heterocycles. The van der Waals surface area contributed by atoms with Crippen LogP contribution >= 0.6 is 23.1 Å². The van der Waals surface area contributed by atoms with Gasteiger partial charge in [-0.05, 0) is 31.7 Å². The third-order valence-electron chi connectivity index (χ3n) is 5.83. The minimum absolute atomic E-state index is 0.0801. The molecule has 0 radical (unpaired) electrons. The van der Waals surface area contributed by atoms with Crippen molar-refractivity contribution in [2.75, 3.05) is 18.8 Å². The molecule has 2 aliphatic heterocycles. The number of aryl methyl sites for hydroxylation is 1. The Morgan fingerprint density at radius 1 is 1.21 bits per heavy atom. The molecule has 1 spiro atoms. The summed E-state index contributed by atoms with van der Waals surface area (Å²) in [4.78, 5) is 33.6. The van der Waals surface area contributed by atoms with Crippen LogP contribution in [0.25, 0.3) is 0 Å². The summed E-state index contributed by atoms with van der Waals surface area (Å²) in [6, 6.07) is 10.2. The lowest BCUT2D eigenvalue weighted by molar-refractivity contribution is -0.135. The van der Waals surface area contributed by atoms with E-state index < -0.39 is 0 Å². The summed E-state index contributed by atoms with van der Waals surface area (Å²) >= 11 is 3.11. The Hall–Kier alpha value is -1.86. The van der Waals surface area contributed by atoms with Crippen molar-refractivity contribution in [3.05, 3.63) is 47.0 Å². The molecule has 148 valence electrons. The third-order valence-corrected chi connectivity index (χ3v) is 7.95. The summed E-state index contributed by atoms with van der Waals surface area (Å²) in [5.74, 6) is 0.858. The first-order valence-electron chi connectivity index (χ1n) is 9.73. The first kappa shape index (κ1) is 19.5. The lowest BCUT2D eigenvalue weighted by Crippen LogP contribution is -2.54. The number of likely N-dealkylation sites (tertiary alicyclic amines) is 2. The highest BCUT2D eigenvalue weighted by atomic mass is 32.2. The minimum atomic E-state index is -0.0801. The normalized spacial score (nSPS) is 18.8. The summed E-state index contributed by atoms with van der Waals surface area (Å²) < 4.78 is 0.953. The molecule has 2 aliphatic rings. The Morgan fingerprint density at radius 2 is 1.96 bits per heavy atom. The first-order valence-corrected chi connectivity index (χ1v) is 11.6. The van der Waals surface area contributed by atoms with Crippen LogP contribution in [0, 0.1) is 6.92 Å². The summed E-state index contributed by atoms with van der Waals surface area (Å²) in [5.41, 5.74) is 2.10. The van der Waals surface area contributed by atoms with Crippen LogP contribution in [0.2, 0.25) is 0 Å². The summed E-state index contributed by atoms with van der Waals surface area (Å²) in [6.45, 7) is 4.10. The van der Waals surface area contributed by atoms with Gasteiger partial charge >= 0.3 is 0 Å². The Bertz CT molecular complexity index is 844. The molecule has 7 heteroatoms. The van der Waals surface area contributed by atoms with E-state index in [0.717, 1.165) is 42.4 Å². The van der Waals surface area contributed by atoms with Gasteiger partial charge in [-0.1, -0.05) is 42.1 Å². The number of piperidine rings is 1. The first-order chi connectivity index (χ1) is 13.6. The zero-order chi connectivity index (χ0) is 19.6. The molecule has 0 N–H and O–H groups in total. The maximum Gasteiger partial charge on any atom is 0.233 e. The number of amides is 2. The van der Waals surface area contributed by atoms with Crippen LogP contribution in [0.15, 0.2) is 40.1 Å². The van der Waals surface area contributed by atoms with Crippen molar-refractivity contribution >= 4 is 34.9 Å². The molecule has 2 fully saturated rings. The van der Waals surface area contributed by atoms with Gasteiger partial charge in [0.2, 0.25) is 11.8 Å². The van der Waals surface area contributed by atoms with Crippen molar-refractivity contribution in [2.45, 2.75) is 49.0 Å². The van der Waals surface area contributed by atoms with Gasteiger partial charge in [0.05, 0.1) is 5.75 Å². The van der Waals surface area contributed by atoms with Gasteiger partial charge in [0.1, 0.15) is 0 Å². The smallest absolute Gasteiger partial charge is 0.233 e. The van der Waals surface area contributed by atoms with Crippen LogP contribution in [-0.4, -0.2) is 51.0 Å². The Kier molecular flexibility index (Phi) is 5.73. The van der Waals surface area contributed by atoms with Gasteiger partial charge in [0.15, 0.2) is 4.34 Å². The molecule has 1 aromatic heterocycles. The summed E-state index contributed by atoms with van der Waals surface area (Å²) in [7, 11) is 0. The SMILES string of the molecule is Cc1csc(SCC(=O)N2CCC3(CCC(=O)N3Cc3ccccc3)CC2)n1. The predicted octanol–water partition coefficient (Wildman–Crippen LogP) is 3.73. The number of benzene rings is 1. The molecule has 1 aromatic carbocycles. The third kappa shape index (κ3) is 4.10. The fraction of sp³-hybridized carbons (Fsp3) is 0.476. The molecule has 3 heterocycles. The molecular weight excluding hydrogens is 390 g/mol. The zero-order valence-electron chi connectivity index (χ0n) is 16.1. The number of carbonyl (C=O) groups is 2. The monoisotopic (exact) mass is 415 g/mol. The molecule has 28 heavy (non-hydrogen) atoms.